The van der Waals surface area contributed by atoms with Gasteiger partial charge in [0.2, 0.25) is 0 Å². The fraction of sp³-hybridized carbons (Fsp3) is 0.474. The number of aliphatic imine (C=N–C) groups is 1. The van der Waals surface area contributed by atoms with Crippen LogP contribution in [-0.4, -0.2) is 24.0 Å². The Kier molecular flexibility index (Phi) is 10.0. The molecule has 0 aliphatic carbocycles. The Labute approximate surface area is 172 Å². The number of halogens is 1. The predicted molar refractivity (Wildman–Crippen MR) is 119 cm³/mol. The van der Waals surface area contributed by atoms with Gasteiger partial charge in [0, 0.05) is 18.5 Å². The molecule has 0 fully saturated rings. The number of nitrogens with one attached hydrogen (secondary N) is 2. The van der Waals surface area contributed by atoms with Crippen molar-refractivity contribution in [2.24, 2.45) is 4.99 Å². The van der Waals surface area contributed by atoms with Gasteiger partial charge in [0.1, 0.15) is 0 Å². The molecule has 2 N–H and O–H groups in total. The molecule has 4 nitrogen and oxygen atoms in total. The summed E-state index contributed by atoms with van der Waals surface area (Å²) >= 11 is 1.71. The summed E-state index contributed by atoms with van der Waals surface area (Å²) < 4.78 is 0. The van der Waals surface area contributed by atoms with E-state index in [1.807, 2.05) is 0 Å². The highest BCUT2D eigenvalue weighted by Gasteiger charge is 2.07. The summed E-state index contributed by atoms with van der Waals surface area (Å²) in [5, 5.41) is 10.0. The van der Waals surface area contributed by atoms with E-state index in [1.54, 1.807) is 11.3 Å². The van der Waals surface area contributed by atoms with Gasteiger partial charge >= 0.3 is 0 Å². The third-order valence-electron chi connectivity index (χ3n) is 3.87. The van der Waals surface area contributed by atoms with E-state index in [0.29, 0.717) is 12.5 Å². The van der Waals surface area contributed by atoms with Crippen molar-refractivity contribution in [1.29, 1.82) is 0 Å². The van der Waals surface area contributed by atoms with Crippen molar-refractivity contribution in [3.63, 3.8) is 0 Å². The average Bonchev–Trinajstić information content (AvgIpc) is 3.06. The Balaban J connectivity index is 0.00000312. The van der Waals surface area contributed by atoms with Gasteiger partial charge in [-0.3, -0.25) is 0 Å². The molecular formula is C19H29IN4S. The zero-order valence-electron chi connectivity index (χ0n) is 15.5. The lowest BCUT2D eigenvalue weighted by molar-refractivity contribution is 0.699. The zero-order chi connectivity index (χ0) is 17.4. The van der Waals surface area contributed by atoms with Crippen molar-refractivity contribution in [2.45, 2.75) is 46.6 Å². The van der Waals surface area contributed by atoms with Crippen LogP contribution in [0.3, 0.4) is 0 Å². The molecule has 1 unspecified atom stereocenters. The van der Waals surface area contributed by atoms with Gasteiger partial charge in [0.25, 0.3) is 0 Å². The summed E-state index contributed by atoms with van der Waals surface area (Å²) in [5.74, 6) is 1.28. The Morgan fingerprint density at radius 2 is 1.92 bits per heavy atom. The van der Waals surface area contributed by atoms with Crippen LogP contribution >= 0.6 is 35.3 Å². The summed E-state index contributed by atoms with van der Waals surface area (Å²) in [5.41, 5.74) is 3.68. The van der Waals surface area contributed by atoms with Crippen molar-refractivity contribution in [3.05, 3.63) is 51.5 Å². The third-order valence-corrected chi connectivity index (χ3v) is 4.91. The van der Waals surface area contributed by atoms with Gasteiger partial charge in [-0.2, -0.15) is 0 Å². The molecule has 0 aliphatic heterocycles. The van der Waals surface area contributed by atoms with E-state index in [2.05, 4.69) is 78.0 Å². The van der Waals surface area contributed by atoms with E-state index in [0.717, 1.165) is 31.2 Å². The number of nitrogens with zero attached hydrogens (tertiary/aromatic N) is 2. The molecule has 0 amide bonds. The maximum atomic E-state index is 4.65. The highest BCUT2D eigenvalue weighted by molar-refractivity contribution is 14.0. The molecule has 2 aromatic rings. The first-order chi connectivity index (χ1) is 11.6. The van der Waals surface area contributed by atoms with Crippen molar-refractivity contribution in [2.75, 3.05) is 13.1 Å². The Morgan fingerprint density at radius 3 is 2.52 bits per heavy atom. The molecule has 138 valence electrons. The van der Waals surface area contributed by atoms with E-state index in [4.69, 9.17) is 0 Å². The van der Waals surface area contributed by atoms with Crippen molar-refractivity contribution < 1.29 is 0 Å². The molecule has 0 radical (unpaired) electrons. The van der Waals surface area contributed by atoms with Gasteiger partial charge in [-0.1, -0.05) is 43.7 Å². The summed E-state index contributed by atoms with van der Waals surface area (Å²) in [6.07, 6.45) is 0.987. The van der Waals surface area contributed by atoms with Crippen LogP contribution in [0.5, 0.6) is 0 Å². The summed E-state index contributed by atoms with van der Waals surface area (Å²) in [6, 6.07) is 8.73. The normalized spacial score (nSPS) is 12.4. The largest absolute Gasteiger partial charge is 0.357 e. The molecule has 25 heavy (non-hydrogen) atoms. The Morgan fingerprint density at radius 1 is 1.20 bits per heavy atom. The topological polar surface area (TPSA) is 49.3 Å². The number of thiazole rings is 1. The Hall–Kier alpha value is -1.15. The van der Waals surface area contributed by atoms with Crippen LogP contribution in [0.15, 0.2) is 34.6 Å². The molecule has 1 atom stereocenters. The van der Waals surface area contributed by atoms with Gasteiger partial charge in [-0.15, -0.1) is 35.3 Å². The quantitative estimate of drug-likeness (QED) is 0.355. The number of guanidine groups is 1. The van der Waals surface area contributed by atoms with Crippen LogP contribution in [0.25, 0.3) is 0 Å². The molecule has 0 saturated carbocycles. The van der Waals surface area contributed by atoms with E-state index in [1.165, 1.54) is 16.1 Å². The molecule has 0 bridgehead atoms. The van der Waals surface area contributed by atoms with Crippen LogP contribution in [0.4, 0.5) is 0 Å². The second-order valence-corrected chi connectivity index (χ2v) is 6.92. The van der Waals surface area contributed by atoms with Crippen molar-refractivity contribution in [3.8, 4) is 0 Å². The highest BCUT2D eigenvalue weighted by Crippen LogP contribution is 2.15. The zero-order valence-corrected chi connectivity index (χ0v) is 18.7. The number of aryl methyl sites for hydroxylation is 2. The predicted octanol–water partition coefficient (Wildman–Crippen LogP) is 4.49. The SMILES string of the molecule is CCNC(=NCc1csc(CC)n1)NCC(C)c1ccc(C)cc1.I. The first-order valence-electron chi connectivity index (χ1n) is 8.64. The lowest BCUT2D eigenvalue weighted by Crippen LogP contribution is -2.39. The van der Waals surface area contributed by atoms with E-state index < -0.39 is 0 Å². The lowest BCUT2D eigenvalue weighted by Gasteiger charge is -2.16. The molecule has 1 aromatic carbocycles. The van der Waals surface area contributed by atoms with Crippen LogP contribution in [-0.2, 0) is 13.0 Å². The fourth-order valence-corrected chi connectivity index (χ4v) is 3.08. The molecule has 6 heteroatoms. The number of hydrogen-bond acceptors (Lipinski definition) is 3. The summed E-state index contributed by atoms with van der Waals surface area (Å²) in [6.45, 7) is 10.9. The Bertz CT molecular complexity index is 652. The van der Waals surface area contributed by atoms with E-state index >= 15 is 0 Å². The molecule has 1 aromatic heterocycles. The smallest absolute Gasteiger partial charge is 0.191 e. The molecule has 0 aliphatic rings. The number of rotatable bonds is 7. The van der Waals surface area contributed by atoms with Crippen LogP contribution in [0.2, 0.25) is 0 Å². The number of hydrogen-bond donors (Lipinski definition) is 2. The molecule has 2 rings (SSSR count). The van der Waals surface area contributed by atoms with Crippen molar-refractivity contribution in [1.82, 2.24) is 15.6 Å². The molecule has 0 spiro atoms. The van der Waals surface area contributed by atoms with Gasteiger partial charge in [0.15, 0.2) is 5.96 Å². The minimum atomic E-state index is 0. The summed E-state index contributed by atoms with van der Waals surface area (Å²) in [7, 11) is 0. The first kappa shape index (κ1) is 21.9. The van der Waals surface area contributed by atoms with Crippen LogP contribution in [0, 0.1) is 6.92 Å². The van der Waals surface area contributed by atoms with E-state index in [9.17, 15) is 0 Å². The second kappa shape index (κ2) is 11.5. The number of aromatic nitrogens is 1. The van der Waals surface area contributed by atoms with Gasteiger partial charge < -0.3 is 10.6 Å². The summed E-state index contributed by atoms with van der Waals surface area (Å²) in [4.78, 5) is 9.22. The van der Waals surface area contributed by atoms with Gasteiger partial charge in [-0.25, -0.2) is 9.98 Å². The number of benzene rings is 1. The molecule has 0 saturated heterocycles. The second-order valence-electron chi connectivity index (χ2n) is 5.97. The first-order valence-corrected chi connectivity index (χ1v) is 9.52. The minimum Gasteiger partial charge on any atom is -0.357 e. The average molecular weight is 472 g/mol. The maximum Gasteiger partial charge on any atom is 0.191 e. The highest BCUT2D eigenvalue weighted by atomic mass is 127. The fourth-order valence-electron chi connectivity index (χ4n) is 2.35. The lowest BCUT2D eigenvalue weighted by atomic mass is 10.0. The van der Waals surface area contributed by atoms with Gasteiger partial charge in [-0.05, 0) is 31.7 Å². The van der Waals surface area contributed by atoms with E-state index in [-0.39, 0.29) is 24.0 Å². The van der Waals surface area contributed by atoms with Crippen LogP contribution < -0.4 is 10.6 Å². The molecular weight excluding hydrogens is 443 g/mol. The van der Waals surface area contributed by atoms with Crippen molar-refractivity contribution >= 4 is 41.3 Å². The standard InChI is InChI=1S/C19H28N4S.HI/c1-5-18-23-17(13-24-18)12-22-19(20-6-2)21-11-15(4)16-9-7-14(3)8-10-16;/h7-10,13,15H,5-6,11-12H2,1-4H3,(H2,20,21,22);1H. The maximum absolute atomic E-state index is 4.65. The minimum absolute atomic E-state index is 0. The van der Waals surface area contributed by atoms with Crippen LogP contribution in [0.1, 0.15) is 48.5 Å². The monoisotopic (exact) mass is 472 g/mol. The third kappa shape index (κ3) is 7.32. The van der Waals surface area contributed by atoms with Gasteiger partial charge in [0.05, 0.1) is 17.2 Å². The molecule has 1 heterocycles.